The molecule has 1 aromatic rings. The largest absolute Gasteiger partial charge is 0.265 e. The lowest BCUT2D eigenvalue weighted by atomic mass is 10.1. The molecule has 1 heterocycles. The van der Waals surface area contributed by atoms with Crippen molar-refractivity contribution in [1.82, 2.24) is 4.98 Å². The number of hydrogen-bond donors (Lipinski definition) is 0. The van der Waals surface area contributed by atoms with Gasteiger partial charge in [-0.05, 0) is 30.5 Å². The first-order chi connectivity index (χ1) is 7.43. The molecule has 1 rings (SSSR count). The van der Waals surface area contributed by atoms with Crippen LogP contribution in [0.3, 0.4) is 0 Å². The number of unbranched alkanes of at least 4 members (excludes halogenated alkanes) is 6. The van der Waals surface area contributed by atoms with Gasteiger partial charge in [0, 0.05) is 12.4 Å². The summed E-state index contributed by atoms with van der Waals surface area (Å²) >= 11 is 0. The summed E-state index contributed by atoms with van der Waals surface area (Å²) in [4.78, 5) is 4.02. The van der Waals surface area contributed by atoms with Crippen LogP contribution in [0.5, 0.6) is 0 Å². The second-order valence-corrected chi connectivity index (χ2v) is 4.08. The zero-order valence-electron chi connectivity index (χ0n) is 9.62. The van der Waals surface area contributed by atoms with Crippen molar-refractivity contribution in [2.45, 2.75) is 51.4 Å². The molecule has 0 saturated carbocycles. The Balaban J connectivity index is 1.93. The molecular formula is C14H22N. The molecule has 0 aromatic carbocycles. The number of pyridine rings is 1. The lowest BCUT2D eigenvalue weighted by Crippen LogP contribution is -1.86. The predicted octanol–water partition coefficient (Wildman–Crippen LogP) is 4.19. The minimum atomic E-state index is 1.09. The molecule has 0 aliphatic heterocycles. The van der Waals surface area contributed by atoms with Gasteiger partial charge in [0.25, 0.3) is 0 Å². The van der Waals surface area contributed by atoms with Gasteiger partial charge in [0.2, 0.25) is 0 Å². The first kappa shape index (κ1) is 12.2. The van der Waals surface area contributed by atoms with E-state index >= 15 is 0 Å². The topological polar surface area (TPSA) is 12.9 Å². The van der Waals surface area contributed by atoms with Crippen LogP contribution in [0.25, 0.3) is 0 Å². The van der Waals surface area contributed by atoms with Gasteiger partial charge in [-0.3, -0.25) is 4.98 Å². The van der Waals surface area contributed by atoms with Crippen molar-refractivity contribution in [1.29, 1.82) is 0 Å². The van der Waals surface area contributed by atoms with E-state index < -0.39 is 0 Å². The van der Waals surface area contributed by atoms with E-state index in [0.29, 0.717) is 0 Å². The summed E-state index contributed by atoms with van der Waals surface area (Å²) < 4.78 is 0. The van der Waals surface area contributed by atoms with E-state index in [0.717, 1.165) is 6.42 Å². The molecule has 0 fully saturated rings. The van der Waals surface area contributed by atoms with Crippen molar-refractivity contribution in [3.8, 4) is 0 Å². The molecule has 83 valence electrons. The third-order valence-corrected chi connectivity index (χ3v) is 2.71. The fourth-order valence-corrected chi connectivity index (χ4v) is 1.76. The average Bonchev–Trinajstić information content (AvgIpc) is 2.29. The Hall–Kier alpha value is -0.850. The van der Waals surface area contributed by atoms with Gasteiger partial charge < -0.3 is 0 Å². The van der Waals surface area contributed by atoms with Crippen LogP contribution in [0, 0.1) is 6.92 Å². The zero-order valence-corrected chi connectivity index (χ0v) is 9.62. The number of nitrogens with zero attached hydrogens (tertiary/aromatic N) is 1. The molecule has 1 heteroatoms. The molecule has 1 nitrogen and oxygen atoms in total. The van der Waals surface area contributed by atoms with Crippen LogP contribution < -0.4 is 0 Å². The van der Waals surface area contributed by atoms with E-state index in [4.69, 9.17) is 0 Å². The van der Waals surface area contributed by atoms with E-state index in [1.165, 1.54) is 50.5 Å². The molecule has 1 radical (unpaired) electrons. The van der Waals surface area contributed by atoms with Gasteiger partial charge in [0.15, 0.2) is 0 Å². The van der Waals surface area contributed by atoms with Crippen LogP contribution in [-0.2, 0) is 6.42 Å². The van der Waals surface area contributed by atoms with Crippen molar-refractivity contribution in [3.63, 3.8) is 0 Å². The number of hydrogen-bond acceptors (Lipinski definition) is 1. The van der Waals surface area contributed by atoms with Crippen LogP contribution >= 0.6 is 0 Å². The highest BCUT2D eigenvalue weighted by molar-refractivity contribution is 5.09. The summed E-state index contributed by atoms with van der Waals surface area (Å²) in [5.41, 5.74) is 1.42. The van der Waals surface area contributed by atoms with Gasteiger partial charge in [-0.25, -0.2) is 0 Å². The Bertz CT molecular complexity index is 230. The monoisotopic (exact) mass is 204 g/mol. The first-order valence-electron chi connectivity index (χ1n) is 6.11. The lowest BCUT2D eigenvalue weighted by Gasteiger charge is -2.01. The van der Waals surface area contributed by atoms with E-state index in [1.54, 1.807) is 0 Å². The highest BCUT2D eigenvalue weighted by atomic mass is 14.6. The van der Waals surface area contributed by atoms with Gasteiger partial charge in [-0.15, -0.1) is 0 Å². The van der Waals surface area contributed by atoms with Crippen LogP contribution in [0.1, 0.15) is 50.5 Å². The fraction of sp³-hybridized carbons (Fsp3) is 0.571. The summed E-state index contributed by atoms with van der Waals surface area (Å²) in [5.74, 6) is 0. The quantitative estimate of drug-likeness (QED) is 0.579. The molecule has 0 aliphatic rings. The van der Waals surface area contributed by atoms with Crippen molar-refractivity contribution in [3.05, 3.63) is 37.0 Å². The van der Waals surface area contributed by atoms with Gasteiger partial charge in [0.1, 0.15) is 0 Å². The van der Waals surface area contributed by atoms with Crippen LogP contribution in [0.15, 0.2) is 24.5 Å². The standard InChI is InChI=1S/C14H22N/c1-2-3-4-5-6-7-8-9-14-10-12-15-13-11-14/h10-13H,1-9H2. The summed E-state index contributed by atoms with van der Waals surface area (Å²) in [6.45, 7) is 3.85. The maximum Gasteiger partial charge on any atom is 0.0270 e. The molecule has 0 spiro atoms. The highest BCUT2D eigenvalue weighted by Gasteiger charge is 1.93. The Morgan fingerprint density at radius 2 is 1.47 bits per heavy atom. The van der Waals surface area contributed by atoms with Crippen molar-refractivity contribution in [2.75, 3.05) is 0 Å². The second kappa shape index (κ2) is 8.46. The molecule has 0 amide bonds. The van der Waals surface area contributed by atoms with Gasteiger partial charge in [-0.2, -0.15) is 0 Å². The molecule has 0 unspecified atom stereocenters. The van der Waals surface area contributed by atoms with Crippen molar-refractivity contribution in [2.24, 2.45) is 0 Å². The van der Waals surface area contributed by atoms with Gasteiger partial charge in [0.05, 0.1) is 0 Å². The summed E-state index contributed by atoms with van der Waals surface area (Å²) in [6.07, 6.45) is 14.1. The third kappa shape index (κ3) is 6.27. The minimum Gasteiger partial charge on any atom is -0.265 e. The molecule has 0 aliphatic carbocycles. The molecule has 1 aromatic heterocycles. The maximum absolute atomic E-state index is 4.02. The average molecular weight is 204 g/mol. The molecule has 0 N–H and O–H groups in total. The summed E-state index contributed by atoms with van der Waals surface area (Å²) in [7, 11) is 0. The van der Waals surface area contributed by atoms with Gasteiger partial charge in [-0.1, -0.05) is 45.4 Å². The van der Waals surface area contributed by atoms with Crippen molar-refractivity contribution < 1.29 is 0 Å². The van der Waals surface area contributed by atoms with E-state index in [-0.39, 0.29) is 0 Å². The number of aryl methyl sites for hydroxylation is 1. The van der Waals surface area contributed by atoms with E-state index in [1.807, 2.05) is 12.4 Å². The Morgan fingerprint density at radius 1 is 0.867 bits per heavy atom. The fourth-order valence-electron chi connectivity index (χ4n) is 1.76. The number of rotatable bonds is 8. The van der Waals surface area contributed by atoms with Crippen LogP contribution in [-0.4, -0.2) is 4.98 Å². The molecule has 15 heavy (non-hydrogen) atoms. The number of aromatic nitrogens is 1. The second-order valence-electron chi connectivity index (χ2n) is 4.08. The highest BCUT2D eigenvalue weighted by Crippen LogP contribution is 2.09. The molecule has 0 bridgehead atoms. The zero-order chi connectivity index (χ0) is 10.8. The lowest BCUT2D eigenvalue weighted by molar-refractivity contribution is 0.596. The van der Waals surface area contributed by atoms with Crippen LogP contribution in [0.2, 0.25) is 0 Å². The minimum absolute atomic E-state index is 1.09. The SMILES string of the molecule is [CH2]CCCCCCCCc1ccncc1. The van der Waals surface area contributed by atoms with Gasteiger partial charge >= 0.3 is 0 Å². The normalized spacial score (nSPS) is 10.5. The molecule has 0 atom stereocenters. The smallest absolute Gasteiger partial charge is 0.0270 e. The third-order valence-electron chi connectivity index (χ3n) is 2.71. The Kier molecular flexibility index (Phi) is 6.89. The van der Waals surface area contributed by atoms with E-state index in [2.05, 4.69) is 24.0 Å². The summed E-state index contributed by atoms with van der Waals surface area (Å²) in [5, 5.41) is 0. The Labute approximate surface area is 93.9 Å². The molecular weight excluding hydrogens is 182 g/mol. The van der Waals surface area contributed by atoms with Crippen LogP contribution in [0.4, 0.5) is 0 Å². The predicted molar refractivity (Wildman–Crippen MR) is 65.6 cm³/mol. The molecule has 0 saturated heterocycles. The summed E-state index contributed by atoms with van der Waals surface area (Å²) in [6, 6.07) is 4.23. The van der Waals surface area contributed by atoms with E-state index in [9.17, 15) is 0 Å². The maximum atomic E-state index is 4.02. The Morgan fingerprint density at radius 3 is 2.13 bits per heavy atom. The first-order valence-corrected chi connectivity index (χ1v) is 6.11. The van der Waals surface area contributed by atoms with Crippen molar-refractivity contribution >= 4 is 0 Å².